The summed E-state index contributed by atoms with van der Waals surface area (Å²) in [5.41, 5.74) is 2.06. The molecule has 2 heterocycles. The van der Waals surface area contributed by atoms with Gasteiger partial charge in [-0.1, -0.05) is 11.6 Å². The molecule has 1 amide bonds. The average Bonchev–Trinajstić information content (AvgIpc) is 3.10. The minimum Gasteiger partial charge on any atom is -0.467 e. The van der Waals surface area contributed by atoms with Gasteiger partial charge >= 0.3 is 12.1 Å². The zero-order chi connectivity index (χ0) is 20.0. The number of halogens is 1. The van der Waals surface area contributed by atoms with Gasteiger partial charge in [-0.2, -0.15) is 0 Å². The van der Waals surface area contributed by atoms with E-state index < -0.39 is 17.7 Å². The lowest BCUT2D eigenvalue weighted by molar-refractivity contribution is -0.145. The Morgan fingerprint density at radius 2 is 2.00 bits per heavy atom. The predicted octanol–water partition coefficient (Wildman–Crippen LogP) is 4.26. The second-order valence-corrected chi connectivity index (χ2v) is 8.12. The van der Waals surface area contributed by atoms with E-state index in [1.165, 1.54) is 29.7 Å². The molecule has 27 heavy (non-hydrogen) atoms. The molecular formula is C20H29ClN2O4. The van der Waals surface area contributed by atoms with Gasteiger partial charge < -0.3 is 14.8 Å². The Morgan fingerprint density at radius 1 is 1.26 bits per heavy atom. The van der Waals surface area contributed by atoms with Crippen LogP contribution in [0, 0.1) is 0 Å². The maximum atomic E-state index is 11.8. The third kappa shape index (κ3) is 6.31. The number of esters is 1. The van der Waals surface area contributed by atoms with Crippen LogP contribution in [0.1, 0.15) is 45.6 Å². The van der Waals surface area contributed by atoms with Crippen LogP contribution in [0.25, 0.3) is 0 Å². The minimum atomic E-state index is -0.541. The van der Waals surface area contributed by atoms with E-state index in [4.69, 9.17) is 16.3 Å². The smallest absolute Gasteiger partial charge is 0.411 e. The number of benzene rings is 1. The molecule has 0 aliphatic carbocycles. The third-order valence-electron chi connectivity index (χ3n) is 4.36. The van der Waals surface area contributed by atoms with E-state index in [0.29, 0.717) is 13.0 Å². The van der Waals surface area contributed by atoms with Crippen molar-refractivity contribution in [2.24, 2.45) is 0 Å². The zero-order valence-corrected chi connectivity index (χ0v) is 17.3. The number of ether oxygens (including phenoxy) is 2. The fourth-order valence-electron chi connectivity index (χ4n) is 3.13. The number of carbonyl (C=O) groups is 2. The van der Waals surface area contributed by atoms with Crippen molar-refractivity contribution in [2.45, 2.75) is 58.1 Å². The third-order valence-corrected chi connectivity index (χ3v) is 4.59. The number of hydrogen-bond donors (Lipinski definition) is 1. The number of rotatable bonds is 1. The maximum absolute atomic E-state index is 11.8. The van der Waals surface area contributed by atoms with Crippen LogP contribution >= 0.6 is 11.6 Å². The number of nitrogens with one attached hydrogen (secondary N) is 1. The summed E-state index contributed by atoms with van der Waals surface area (Å²) in [6.45, 7) is 7.04. The first-order valence-corrected chi connectivity index (χ1v) is 9.69. The summed E-state index contributed by atoms with van der Waals surface area (Å²) in [7, 11) is 1.33. The number of nitrogens with zero attached hydrogens (tertiary/aromatic N) is 1. The van der Waals surface area contributed by atoms with Crippen molar-refractivity contribution < 1.29 is 19.1 Å². The molecule has 2 aliphatic rings. The zero-order valence-electron chi connectivity index (χ0n) is 16.5. The fraction of sp³-hybridized carbons (Fsp3) is 0.600. The summed E-state index contributed by atoms with van der Waals surface area (Å²) < 4.78 is 9.88. The van der Waals surface area contributed by atoms with Crippen molar-refractivity contribution in [3.63, 3.8) is 0 Å². The van der Waals surface area contributed by atoms with Crippen molar-refractivity contribution in [1.82, 2.24) is 4.90 Å². The van der Waals surface area contributed by atoms with Crippen LogP contribution in [0.5, 0.6) is 0 Å². The lowest BCUT2D eigenvalue weighted by Gasteiger charge is -2.27. The van der Waals surface area contributed by atoms with Crippen LogP contribution in [0.15, 0.2) is 18.2 Å². The molecule has 0 bridgehead atoms. The molecule has 150 valence electrons. The van der Waals surface area contributed by atoms with Crippen molar-refractivity contribution in [3.05, 3.63) is 28.8 Å². The van der Waals surface area contributed by atoms with Crippen molar-refractivity contribution in [2.75, 3.05) is 25.5 Å². The Morgan fingerprint density at radius 3 is 2.67 bits per heavy atom. The highest BCUT2D eigenvalue weighted by atomic mass is 35.5. The van der Waals surface area contributed by atoms with Gasteiger partial charge in [0, 0.05) is 23.8 Å². The monoisotopic (exact) mass is 396 g/mol. The van der Waals surface area contributed by atoms with Crippen LogP contribution in [-0.4, -0.2) is 48.8 Å². The molecule has 1 atom stereocenters. The van der Waals surface area contributed by atoms with E-state index >= 15 is 0 Å². The van der Waals surface area contributed by atoms with Gasteiger partial charge in [-0.3, -0.25) is 4.90 Å². The second-order valence-electron chi connectivity index (χ2n) is 7.69. The first-order valence-electron chi connectivity index (χ1n) is 9.31. The van der Waals surface area contributed by atoms with Gasteiger partial charge in [-0.25, -0.2) is 9.59 Å². The number of carbonyl (C=O) groups excluding carboxylic acids is 2. The molecule has 1 unspecified atom stereocenters. The molecule has 3 rings (SSSR count). The van der Waals surface area contributed by atoms with Gasteiger partial charge in [0.25, 0.3) is 0 Å². The van der Waals surface area contributed by atoms with E-state index in [1.54, 1.807) is 20.8 Å². The highest BCUT2D eigenvalue weighted by molar-refractivity contribution is 6.30. The standard InChI is InChI=1S/C11H19NO4.C9H10ClN/c1-11(2,3)16-10(14)12-7-5-6-8(12)9(13)15-4;10-8-3-4-9-7(6-8)2-1-5-11-9/h8H,5-7H2,1-4H3;3-4,6,11H,1-2,5H2. The van der Waals surface area contributed by atoms with Gasteiger partial charge in [0.1, 0.15) is 11.6 Å². The van der Waals surface area contributed by atoms with Crippen molar-refractivity contribution in [3.8, 4) is 0 Å². The minimum absolute atomic E-state index is 0.372. The van der Waals surface area contributed by atoms with Gasteiger partial charge in [0.05, 0.1) is 7.11 Å². The summed E-state index contributed by atoms with van der Waals surface area (Å²) in [5.74, 6) is -0.372. The van der Waals surface area contributed by atoms with E-state index in [-0.39, 0.29) is 5.97 Å². The number of amides is 1. The molecule has 1 aromatic rings. The van der Waals surface area contributed by atoms with Gasteiger partial charge in [0.15, 0.2) is 0 Å². The lowest BCUT2D eigenvalue weighted by atomic mass is 10.0. The largest absolute Gasteiger partial charge is 0.467 e. The number of fused-ring (bicyclic) bond motifs is 1. The van der Waals surface area contributed by atoms with E-state index in [0.717, 1.165) is 24.4 Å². The van der Waals surface area contributed by atoms with Crippen molar-refractivity contribution in [1.29, 1.82) is 0 Å². The van der Waals surface area contributed by atoms with Crippen LogP contribution in [-0.2, 0) is 20.7 Å². The summed E-state index contributed by atoms with van der Waals surface area (Å²) in [6, 6.07) is 5.54. The highest BCUT2D eigenvalue weighted by Gasteiger charge is 2.37. The molecule has 1 aromatic carbocycles. The molecule has 0 aromatic heterocycles. The van der Waals surface area contributed by atoms with Crippen LogP contribution in [0.3, 0.4) is 0 Å². The first-order chi connectivity index (χ1) is 12.7. The topological polar surface area (TPSA) is 67.9 Å². The molecule has 2 aliphatic heterocycles. The van der Waals surface area contributed by atoms with Crippen LogP contribution in [0.2, 0.25) is 5.02 Å². The summed E-state index contributed by atoms with van der Waals surface area (Å²) >= 11 is 5.85. The summed E-state index contributed by atoms with van der Waals surface area (Å²) in [6.07, 6.45) is 3.38. The lowest BCUT2D eigenvalue weighted by Crippen LogP contribution is -2.43. The summed E-state index contributed by atoms with van der Waals surface area (Å²) in [4.78, 5) is 24.7. The molecule has 6 nitrogen and oxygen atoms in total. The number of anilines is 1. The normalized spacial score (nSPS) is 18.6. The molecular weight excluding hydrogens is 368 g/mol. The van der Waals surface area contributed by atoms with E-state index in [1.807, 2.05) is 12.1 Å². The SMILES string of the molecule is COC(=O)C1CCCN1C(=O)OC(C)(C)C.Clc1ccc2c(c1)CCCN2. The number of hydrogen-bond acceptors (Lipinski definition) is 5. The first kappa shape index (κ1) is 21.4. The molecule has 1 saturated heterocycles. The Labute approximate surface area is 166 Å². The molecule has 0 saturated carbocycles. The molecule has 0 spiro atoms. The van der Waals surface area contributed by atoms with Crippen molar-refractivity contribution >= 4 is 29.4 Å². The molecule has 1 N–H and O–H groups in total. The molecule has 0 radical (unpaired) electrons. The Kier molecular flexibility index (Phi) is 7.36. The van der Waals surface area contributed by atoms with Gasteiger partial charge in [0.2, 0.25) is 0 Å². The molecule has 1 fully saturated rings. The van der Waals surface area contributed by atoms with E-state index in [9.17, 15) is 9.59 Å². The van der Waals surface area contributed by atoms with Gasteiger partial charge in [-0.05, 0) is 70.2 Å². The fourth-order valence-corrected chi connectivity index (χ4v) is 3.33. The second kappa shape index (κ2) is 9.31. The summed E-state index contributed by atoms with van der Waals surface area (Å²) in [5, 5.41) is 4.17. The van der Waals surface area contributed by atoms with Crippen LogP contribution < -0.4 is 5.32 Å². The Hall–Kier alpha value is -1.95. The van der Waals surface area contributed by atoms with Crippen LogP contribution in [0.4, 0.5) is 10.5 Å². The predicted molar refractivity (Wildman–Crippen MR) is 106 cm³/mol. The average molecular weight is 397 g/mol. The number of aryl methyl sites for hydroxylation is 1. The quantitative estimate of drug-likeness (QED) is 0.718. The number of methoxy groups -OCH3 is 1. The maximum Gasteiger partial charge on any atom is 0.411 e. The van der Waals surface area contributed by atoms with Gasteiger partial charge in [-0.15, -0.1) is 0 Å². The highest BCUT2D eigenvalue weighted by Crippen LogP contribution is 2.24. The Balaban J connectivity index is 0.000000206. The number of likely N-dealkylation sites (tertiary alicyclic amines) is 1. The van der Waals surface area contributed by atoms with E-state index in [2.05, 4.69) is 16.1 Å². The Bertz CT molecular complexity index is 672. The molecule has 7 heteroatoms.